The van der Waals surface area contributed by atoms with Crippen LogP contribution in [0.15, 0.2) is 40.9 Å². The molecule has 2 aromatic rings. The number of piperazine rings is 1. The molecule has 1 aromatic heterocycles. The summed E-state index contributed by atoms with van der Waals surface area (Å²) in [6.45, 7) is 8.59. The van der Waals surface area contributed by atoms with Crippen LogP contribution >= 0.6 is 0 Å². The molecule has 1 amide bonds. The van der Waals surface area contributed by atoms with Gasteiger partial charge in [-0.1, -0.05) is 17.3 Å². The Morgan fingerprint density at radius 1 is 1.17 bits per heavy atom. The van der Waals surface area contributed by atoms with E-state index >= 15 is 0 Å². The third-order valence-corrected chi connectivity index (χ3v) is 4.79. The van der Waals surface area contributed by atoms with E-state index in [-0.39, 0.29) is 11.9 Å². The molecule has 2 heterocycles. The summed E-state index contributed by atoms with van der Waals surface area (Å²) in [6.07, 6.45) is 3.07. The minimum Gasteiger partial charge on any atom is -0.463 e. The van der Waals surface area contributed by atoms with Crippen LogP contribution in [0.3, 0.4) is 0 Å². The molecule has 0 bridgehead atoms. The van der Waals surface area contributed by atoms with E-state index in [9.17, 15) is 9.59 Å². The monoisotopic (exact) mass is 412 g/mol. The van der Waals surface area contributed by atoms with E-state index in [1.165, 1.54) is 6.08 Å². The van der Waals surface area contributed by atoms with Gasteiger partial charge in [-0.15, -0.1) is 0 Å². The molecule has 0 saturated carbocycles. The summed E-state index contributed by atoms with van der Waals surface area (Å²) < 4.78 is 9.96. The van der Waals surface area contributed by atoms with Crippen LogP contribution in [-0.4, -0.2) is 66.2 Å². The summed E-state index contributed by atoms with van der Waals surface area (Å²) in [5.74, 6) is 0.417. The summed E-state index contributed by atoms with van der Waals surface area (Å²) >= 11 is 0. The number of carbonyl (C=O) groups is 2. The van der Waals surface area contributed by atoms with E-state index in [1.807, 2.05) is 37.3 Å². The number of rotatable bonds is 8. The van der Waals surface area contributed by atoms with Crippen molar-refractivity contribution in [1.82, 2.24) is 15.0 Å². The lowest BCUT2D eigenvalue weighted by Crippen LogP contribution is -2.48. The smallest absolute Gasteiger partial charge is 0.330 e. The third-order valence-electron chi connectivity index (χ3n) is 4.79. The number of aromatic nitrogens is 1. The zero-order chi connectivity index (χ0) is 21.3. The van der Waals surface area contributed by atoms with Crippen LogP contribution in [0.2, 0.25) is 0 Å². The standard InChI is InChI=1S/C22H28N4O4/c1-3-29-22(28)9-6-18-4-7-19(8-5-18)23-21(27)16-26-12-10-25(11-13-26)15-20-14-17(2)30-24-20/h4-9,14H,3,10-13,15-16H2,1-2H3,(H,23,27)/b9-6+. The van der Waals surface area contributed by atoms with Crippen molar-refractivity contribution in [3.8, 4) is 0 Å². The van der Waals surface area contributed by atoms with Gasteiger partial charge in [0.05, 0.1) is 18.8 Å². The van der Waals surface area contributed by atoms with Crippen LogP contribution in [0, 0.1) is 6.92 Å². The van der Waals surface area contributed by atoms with Crippen molar-refractivity contribution in [2.45, 2.75) is 20.4 Å². The van der Waals surface area contributed by atoms with Gasteiger partial charge in [-0.2, -0.15) is 0 Å². The Labute approximate surface area is 176 Å². The summed E-state index contributed by atoms with van der Waals surface area (Å²) in [4.78, 5) is 28.2. The second-order valence-corrected chi connectivity index (χ2v) is 7.24. The lowest BCUT2D eigenvalue weighted by atomic mass is 10.2. The second-order valence-electron chi connectivity index (χ2n) is 7.24. The molecule has 8 heteroatoms. The van der Waals surface area contributed by atoms with Crippen LogP contribution in [0.5, 0.6) is 0 Å². The van der Waals surface area contributed by atoms with Crippen molar-refractivity contribution in [3.05, 3.63) is 53.4 Å². The van der Waals surface area contributed by atoms with Crippen molar-refractivity contribution in [1.29, 1.82) is 0 Å². The highest BCUT2D eigenvalue weighted by Gasteiger charge is 2.20. The number of aryl methyl sites for hydroxylation is 1. The summed E-state index contributed by atoms with van der Waals surface area (Å²) in [5, 5.41) is 6.96. The predicted octanol–water partition coefficient (Wildman–Crippen LogP) is 2.32. The van der Waals surface area contributed by atoms with Crippen LogP contribution in [0.25, 0.3) is 6.08 Å². The number of hydrogen-bond donors (Lipinski definition) is 1. The highest BCUT2D eigenvalue weighted by molar-refractivity contribution is 5.92. The maximum atomic E-state index is 12.4. The number of nitrogens with zero attached hydrogens (tertiary/aromatic N) is 3. The number of ether oxygens (including phenoxy) is 1. The van der Waals surface area contributed by atoms with Crippen molar-refractivity contribution in [2.24, 2.45) is 0 Å². The maximum Gasteiger partial charge on any atom is 0.330 e. The molecule has 0 spiro atoms. The Kier molecular flexibility index (Phi) is 7.75. The first-order chi connectivity index (χ1) is 14.5. The molecule has 30 heavy (non-hydrogen) atoms. The molecule has 8 nitrogen and oxygen atoms in total. The third kappa shape index (κ3) is 6.82. The van der Waals surface area contributed by atoms with Gasteiger partial charge in [0.25, 0.3) is 0 Å². The molecule has 1 N–H and O–H groups in total. The van der Waals surface area contributed by atoms with Gasteiger partial charge < -0.3 is 14.6 Å². The van der Waals surface area contributed by atoms with E-state index in [4.69, 9.17) is 9.26 Å². The highest BCUT2D eigenvalue weighted by atomic mass is 16.5. The molecule has 160 valence electrons. The van der Waals surface area contributed by atoms with E-state index in [0.717, 1.165) is 55.4 Å². The first-order valence-electron chi connectivity index (χ1n) is 10.1. The van der Waals surface area contributed by atoms with E-state index in [1.54, 1.807) is 13.0 Å². The number of amides is 1. The van der Waals surface area contributed by atoms with Crippen molar-refractivity contribution < 1.29 is 18.8 Å². The van der Waals surface area contributed by atoms with E-state index < -0.39 is 0 Å². The van der Waals surface area contributed by atoms with E-state index in [2.05, 4.69) is 20.3 Å². The fraction of sp³-hybridized carbons (Fsp3) is 0.409. The van der Waals surface area contributed by atoms with Crippen LogP contribution < -0.4 is 5.32 Å². The van der Waals surface area contributed by atoms with Gasteiger partial charge in [-0.25, -0.2) is 4.79 Å². The molecule has 3 rings (SSSR count). The van der Waals surface area contributed by atoms with Gasteiger partial charge in [-0.05, 0) is 37.6 Å². The maximum absolute atomic E-state index is 12.4. The van der Waals surface area contributed by atoms with E-state index in [0.29, 0.717) is 13.2 Å². The highest BCUT2D eigenvalue weighted by Crippen LogP contribution is 2.12. The first kappa shape index (κ1) is 21.7. The average molecular weight is 412 g/mol. The Morgan fingerprint density at radius 3 is 2.50 bits per heavy atom. The number of esters is 1. The molecule has 0 radical (unpaired) electrons. The number of hydrogen-bond acceptors (Lipinski definition) is 7. The van der Waals surface area contributed by atoms with Crippen molar-refractivity contribution in [2.75, 3.05) is 44.6 Å². The normalized spacial score (nSPS) is 15.4. The number of nitrogens with one attached hydrogen (secondary N) is 1. The van der Waals surface area contributed by atoms with Gasteiger partial charge in [0.2, 0.25) is 5.91 Å². The predicted molar refractivity (Wildman–Crippen MR) is 114 cm³/mol. The van der Waals surface area contributed by atoms with Crippen LogP contribution in [0.1, 0.15) is 23.9 Å². The molecule has 1 fully saturated rings. The SMILES string of the molecule is CCOC(=O)/C=C/c1ccc(NC(=O)CN2CCN(Cc3cc(C)on3)CC2)cc1. The number of benzene rings is 1. The molecular formula is C22H28N4O4. The summed E-state index contributed by atoms with van der Waals surface area (Å²) in [7, 11) is 0. The molecule has 1 aliphatic heterocycles. The second kappa shape index (κ2) is 10.7. The average Bonchev–Trinajstić information content (AvgIpc) is 3.14. The molecule has 1 aliphatic rings. The largest absolute Gasteiger partial charge is 0.463 e. The Hall–Kier alpha value is -2.97. The molecule has 1 saturated heterocycles. The lowest BCUT2D eigenvalue weighted by Gasteiger charge is -2.33. The minimum atomic E-state index is -0.369. The molecular weight excluding hydrogens is 384 g/mol. The van der Waals surface area contributed by atoms with Gasteiger partial charge in [0, 0.05) is 50.6 Å². The molecule has 0 unspecified atom stereocenters. The van der Waals surface area contributed by atoms with Gasteiger partial charge in [-0.3, -0.25) is 14.6 Å². The zero-order valence-electron chi connectivity index (χ0n) is 17.5. The molecule has 0 aliphatic carbocycles. The number of carbonyl (C=O) groups excluding carboxylic acids is 2. The molecule has 1 aromatic carbocycles. The Bertz CT molecular complexity index is 868. The van der Waals surface area contributed by atoms with Gasteiger partial charge in [0.15, 0.2) is 0 Å². The minimum absolute atomic E-state index is 0.0367. The Balaban J connectivity index is 1.40. The summed E-state index contributed by atoms with van der Waals surface area (Å²) in [5.41, 5.74) is 2.53. The quantitative estimate of drug-likeness (QED) is 0.526. The first-order valence-corrected chi connectivity index (χ1v) is 10.1. The van der Waals surface area contributed by atoms with Crippen LogP contribution in [0.4, 0.5) is 5.69 Å². The van der Waals surface area contributed by atoms with Crippen molar-refractivity contribution >= 4 is 23.6 Å². The van der Waals surface area contributed by atoms with Gasteiger partial charge >= 0.3 is 5.97 Å². The van der Waals surface area contributed by atoms with Gasteiger partial charge in [0.1, 0.15) is 5.76 Å². The topological polar surface area (TPSA) is 87.9 Å². The van der Waals surface area contributed by atoms with Crippen molar-refractivity contribution in [3.63, 3.8) is 0 Å². The summed E-state index contributed by atoms with van der Waals surface area (Å²) in [6, 6.07) is 9.28. The number of anilines is 1. The molecule has 0 atom stereocenters. The fourth-order valence-corrected chi connectivity index (χ4v) is 3.26. The zero-order valence-corrected chi connectivity index (χ0v) is 17.5. The Morgan fingerprint density at radius 2 is 1.87 bits per heavy atom. The fourth-order valence-electron chi connectivity index (χ4n) is 3.26. The lowest BCUT2D eigenvalue weighted by molar-refractivity contribution is -0.137. The van der Waals surface area contributed by atoms with Crippen LogP contribution in [-0.2, 0) is 20.9 Å².